The van der Waals surface area contributed by atoms with E-state index in [-0.39, 0.29) is 5.97 Å². The summed E-state index contributed by atoms with van der Waals surface area (Å²) >= 11 is 0. The fraction of sp³-hybridized carbons (Fsp3) is 0.235. The maximum atomic E-state index is 11.5. The third-order valence-electron chi connectivity index (χ3n) is 3.41. The topological polar surface area (TPSA) is 50.8 Å². The van der Waals surface area contributed by atoms with E-state index in [1.807, 2.05) is 59.8 Å². The molecule has 1 aromatic rings. The number of rotatable bonds is 3. The molecule has 0 radical (unpaired) electrons. The summed E-state index contributed by atoms with van der Waals surface area (Å²) in [6.07, 6.45) is 7.11. The second kappa shape index (κ2) is 6.39. The van der Waals surface area contributed by atoms with E-state index in [4.69, 9.17) is 9.47 Å². The average Bonchev–Trinajstić information content (AvgIpc) is 2.75. The summed E-state index contributed by atoms with van der Waals surface area (Å²) in [6.45, 7) is 2.56. The van der Waals surface area contributed by atoms with Crippen molar-refractivity contribution in [2.75, 3.05) is 13.2 Å². The Morgan fingerprint density at radius 3 is 2.95 bits per heavy atom. The van der Waals surface area contributed by atoms with Crippen LogP contribution in [0.25, 0.3) is 0 Å². The van der Waals surface area contributed by atoms with Gasteiger partial charge < -0.3 is 19.7 Å². The van der Waals surface area contributed by atoms with Gasteiger partial charge in [0.25, 0.3) is 0 Å². The minimum absolute atomic E-state index is 0.315. The molecule has 0 fully saturated rings. The fourth-order valence-corrected chi connectivity index (χ4v) is 2.44. The summed E-state index contributed by atoms with van der Waals surface area (Å²) in [5.74, 6) is 0.476. The van der Waals surface area contributed by atoms with E-state index in [9.17, 15) is 4.79 Å². The SMILES string of the molecule is CC(=O)OC(c1ccccc1)N1C=C2NC=CC=C2OCC1. The minimum Gasteiger partial charge on any atom is -0.490 e. The number of fused-ring (bicyclic) bond motifs is 1. The van der Waals surface area contributed by atoms with Crippen LogP contribution in [0.3, 0.4) is 0 Å². The standard InChI is InChI=1S/C17H18N2O3/c1-13(20)22-17(14-6-3-2-4-7-14)19-10-11-21-16-8-5-9-18-15(16)12-19/h2-9,12,17-18H,10-11H2,1H3. The van der Waals surface area contributed by atoms with E-state index >= 15 is 0 Å². The molecule has 2 aliphatic heterocycles. The van der Waals surface area contributed by atoms with Gasteiger partial charge in [-0.15, -0.1) is 0 Å². The Balaban J connectivity index is 1.92. The molecule has 2 heterocycles. The van der Waals surface area contributed by atoms with Gasteiger partial charge in [0, 0.05) is 24.9 Å². The summed E-state index contributed by atoms with van der Waals surface area (Å²) < 4.78 is 11.3. The van der Waals surface area contributed by atoms with Crippen molar-refractivity contribution >= 4 is 5.97 Å². The number of nitrogens with zero attached hydrogens (tertiary/aromatic N) is 1. The highest BCUT2D eigenvalue weighted by atomic mass is 16.6. The van der Waals surface area contributed by atoms with Crippen LogP contribution in [0.2, 0.25) is 0 Å². The molecule has 1 unspecified atom stereocenters. The number of allylic oxidation sites excluding steroid dienone is 2. The highest BCUT2D eigenvalue weighted by Gasteiger charge is 2.24. The second-order valence-corrected chi connectivity index (χ2v) is 5.04. The quantitative estimate of drug-likeness (QED) is 0.869. The first-order valence-electron chi connectivity index (χ1n) is 7.20. The molecule has 114 valence electrons. The monoisotopic (exact) mass is 298 g/mol. The lowest BCUT2D eigenvalue weighted by molar-refractivity contribution is -0.155. The van der Waals surface area contributed by atoms with Gasteiger partial charge in [-0.1, -0.05) is 30.3 Å². The number of hydrogen-bond donors (Lipinski definition) is 1. The summed E-state index contributed by atoms with van der Waals surface area (Å²) in [5.41, 5.74) is 1.78. The molecular formula is C17H18N2O3. The van der Waals surface area contributed by atoms with E-state index in [1.165, 1.54) is 6.92 Å². The van der Waals surface area contributed by atoms with Gasteiger partial charge in [0.2, 0.25) is 6.23 Å². The highest BCUT2D eigenvalue weighted by molar-refractivity contribution is 5.66. The molecule has 0 bridgehead atoms. The van der Waals surface area contributed by atoms with Crippen LogP contribution in [0, 0.1) is 0 Å². The second-order valence-electron chi connectivity index (χ2n) is 5.04. The van der Waals surface area contributed by atoms with Crippen molar-refractivity contribution in [3.63, 3.8) is 0 Å². The molecule has 0 amide bonds. The van der Waals surface area contributed by atoms with E-state index in [0.717, 1.165) is 17.0 Å². The van der Waals surface area contributed by atoms with Gasteiger partial charge in [0.15, 0.2) is 0 Å². The number of nitrogens with one attached hydrogen (secondary N) is 1. The molecule has 0 saturated heterocycles. The number of carbonyl (C=O) groups is 1. The zero-order chi connectivity index (χ0) is 15.4. The van der Waals surface area contributed by atoms with E-state index in [0.29, 0.717) is 13.2 Å². The van der Waals surface area contributed by atoms with Gasteiger partial charge in [-0.25, -0.2) is 0 Å². The molecule has 5 nitrogen and oxygen atoms in total. The number of benzene rings is 1. The van der Waals surface area contributed by atoms with Crippen molar-refractivity contribution in [2.45, 2.75) is 13.2 Å². The number of dihydropyridines is 1. The molecule has 0 aliphatic carbocycles. The lowest BCUT2D eigenvalue weighted by atomic mass is 10.2. The van der Waals surface area contributed by atoms with Gasteiger partial charge >= 0.3 is 5.97 Å². The minimum atomic E-state index is -0.471. The van der Waals surface area contributed by atoms with Crippen LogP contribution in [0.5, 0.6) is 0 Å². The summed E-state index contributed by atoms with van der Waals surface area (Å²) in [4.78, 5) is 13.5. The zero-order valence-corrected chi connectivity index (χ0v) is 12.4. The van der Waals surface area contributed by atoms with Gasteiger partial charge in [0.05, 0.1) is 12.2 Å². The molecule has 0 spiro atoms. The first-order valence-corrected chi connectivity index (χ1v) is 7.20. The third-order valence-corrected chi connectivity index (χ3v) is 3.41. The Kier molecular flexibility index (Phi) is 4.14. The van der Waals surface area contributed by atoms with Crippen LogP contribution >= 0.6 is 0 Å². The molecule has 2 aliphatic rings. The Hall–Kier alpha value is -2.69. The first kappa shape index (κ1) is 14.3. The normalized spacial score (nSPS) is 18.0. The molecule has 0 aromatic heterocycles. The Morgan fingerprint density at radius 2 is 2.18 bits per heavy atom. The molecule has 5 heteroatoms. The van der Waals surface area contributed by atoms with Crippen molar-refractivity contribution in [2.24, 2.45) is 0 Å². The lowest BCUT2D eigenvalue weighted by Gasteiger charge is -2.29. The van der Waals surface area contributed by atoms with Crippen LogP contribution < -0.4 is 5.32 Å². The summed E-state index contributed by atoms with van der Waals surface area (Å²) in [5, 5.41) is 3.16. The van der Waals surface area contributed by atoms with Crippen molar-refractivity contribution in [1.29, 1.82) is 0 Å². The third kappa shape index (κ3) is 3.14. The fourth-order valence-electron chi connectivity index (χ4n) is 2.44. The van der Waals surface area contributed by atoms with Crippen LogP contribution in [0.1, 0.15) is 18.7 Å². The number of ether oxygens (including phenoxy) is 2. The maximum absolute atomic E-state index is 11.5. The van der Waals surface area contributed by atoms with Crippen molar-refractivity contribution < 1.29 is 14.3 Å². The van der Waals surface area contributed by atoms with Crippen LogP contribution in [-0.4, -0.2) is 24.0 Å². The van der Waals surface area contributed by atoms with E-state index in [1.54, 1.807) is 0 Å². The maximum Gasteiger partial charge on any atom is 0.304 e. The first-order chi connectivity index (χ1) is 10.7. The number of carbonyl (C=O) groups excluding carboxylic acids is 1. The lowest BCUT2D eigenvalue weighted by Crippen LogP contribution is -2.30. The molecule has 1 atom stereocenters. The average molecular weight is 298 g/mol. The van der Waals surface area contributed by atoms with Gasteiger partial charge in [-0.2, -0.15) is 0 Å². The summed E-state index contributed by atoms with van der Waals surface area (Å²) in [7, 11) is 0. The van der Waals surface area contributed by atoms with Crippen molar-refractivity contribution in [1.82, 2.24) is 10.2 Å². The smallest absolute Gasteiger partial charge is 0.304 e. The molecule has 0 saturated carbocycles. The van der Waals surface area contributed by atoms with Crippen LogP contribution in [0.4, 0.5) is 0 Å². The zero-order valence-electron chi connectivity index (χ0n) is 12.4. The predicted octanol–water partition coefficient (Wildman–Crippen LogP) is 2.42. The van der Waals surface area contributed by atoms with Crippen LogP contribution in [0.15, 0.2) is 66.3 Å². The van der Waals surface area contributed by atoms with E-state index in [2.05, 4.69) is 5.32 Å². The molecule has 1 aromatic carbocycles. The molecule has 1 N–H and O–H groups in total. The Labute approximate surface area is 129 Å². The van der Waals surface area contributed by atoms with Gasteiger partial charge in [0.1, 0.15) is 12.4 Å². The Morgan fingerprint density at radius 1 is 1.36 bits per heavy atom. The molecular weight excluding hydrogens is 280 g/mol. The van der Waals surface area contributed by atoms with Crippen molar-refractivity contribution in [3.8, 4) is 0 Å². The van der Waals surface area contributed by atoms with Gasteiger partial charge in [-0.3, -0.25) is 4.79 Å². The highest BCUT2D eigenvalue weighted by Crippen LogP contribution is 2.26. The number of hydrogen-bond acceptors (Lipinski definition) is 5. The summed E-state index contributed by atoms with van der Waals surface area (Å²) in [6, 6.07) is 9.69. The van der Waals surface area contributed by atoms with Crippen LogP contribution in [-0.2, 0) is 14.3 Å². The van der Waals surface area contributed by atoms with Crippen molar-refractivity contribution in [3.05, 3.63) is 71.9 Å². The van der Waals surface area contributed by atoms with E-state index < -0.39 is 6.23 Å². The Bertz CT molecular complexity index is 635. The number of esters is 1. The van der Waals surface area contributed by atoms with Gasteiger partial charge in [-0.05, 0) is 12.2 Å². The molecule has 22 heavy (non-hydrogen) atoms. The largest absolute Gasteiger partial charge is 0.490 e. The molecule has 3 rings (SSSR count). The predicted molar refractivity (Wildman–Crippen MR) is 82.0 cm³/mol.